The van der Waals surface area contributed by atoms with Crippen LogP contribution in [0.2, 0.25) is 0 Å². The lowest BCUT2D eigenvalue weighted by atomic mass is 10.1. The number of phenols is 1. The average molecular weight is 323 g/mol. The van der Waals surface area contributed by atoms with Crippen molar-refractivity contribution in [3.05, 3.63) is 76.1 Å². The van der Waals surface area contributed by atoms with E-state index in [0.29, 0.717) is 17.5 Å². The Balaban J connectivity index is 1.65. The number of aromatic hydroxyl groups is 1. The van der Waals surface area contributed by atoms with Gasteiger partial charge in [-0.2, -0.15) is 0 Å². The minimum absolute atomic E-state index is 0.0468. The van der Waals surface area contributed by atoms with Crippen LogP contribution >= 0.6 is 0 Å². The Bertz CT molecular complexity index is 916. The lowest BCUT2D eigenvalue weighted by Crippen LogP contribution is -2.29. The lowest BCUT2D eigenvalue weighted by Gasteiger charge is -2.06. The van der Waals surface area contributed by atoms with Gasteiger partial charge in [-0.15, -0.1) is 0 Å². The number of carbonyl (C=O) groups excluding carboxylic acids is 1. The van der Waals surface area contributed by atoms with Crippen molar-refractivity contribution in [1.29, 1.82) is 0 Å². The summed E-state index contributed by atoms with van der Waals surface area (Å²) in [6.07, 6.45) is 1.62. The van der Waals surface area contributed by atoms with E-state index in [4.69, 9.17) is 4.42 Å². The average Bonchev–Trinajstić information content (AvgIpc) is 2.59. The number of aryl methyl sites for hydroxylation is 1. The predicted molar refractivity (Wildman–Crippen MR) is 91.2 cm³/mol. The molecule has 5 nitrogen and oxygen atoms in total. The standard InChI is InChI=1S/C19H17NO4/c21-15-8-9-17-14(11-15)12-16(19(23)24-17)18(22)20-10-4-7-13-5-2-1-3-6-13/h1-3,5-6,8-9,11-12,21H,4,7,10H2,(H,20,22). The number of nitrogens with one attached hydrogen (secondary N) is 1. The molecule has 0 unspecified atom stereocenters. The van der Waals surface area contributed by atoms with Gasteiger partial charge in [0.25, 0.3) is 5.91 Å². The van der Waals surface area contributed by atoms with Crippen molar-refractivity contribution in [2.45, 2.75) is 12.8 Å². The van der Waals surface area contributed by atoms with Crippen molar-refractivity contribution in [1.82, 2.24) is 5.32 Å². The normalized spacial score (nSPS) is 10.7. The molecule has 2 N–H and O–H groups in total. The summed E-state index contributed by atoms with van der Waals surface area (Å²) in [6, 6.07) is 15.8. The van der Waals surface area contributed by atoms with Crippen LogP contribution in [0, 0.1) is 0 Å². The van der Waals surface area contributed by atoms with Crippen LogP contribution in [0.15, 0.2) is 63.8 Å². The van der Waals surface area contributed by atoms with E-state index in [2.05, 4.69) is 5.32 Å². The van der Waals surface area contributed by atoms with Crippen LogP contribution in [0.1, 0.15) is 22.3 Å². The molecule has 0 atom stereocenters. The molecule has 1 amide bonds. The Morgan fingerprint density at radius 3 is 2.67 bits per heavy atom. The van der Waals surface area contributed by atoms with E-state index >= 15 is 0 Å². The largest absolute Gasteiger partial charge is 0.508 e. The van der Waals surface area contributed by atoms with Gasteiger partial charge in [0, 0.05) is 11.9 Å². The molecule has 122 valence electrons. The Hall–Kier alpha value is -3.08. The van der Waals surface area contributed by atoms with Gasteiger partial charge in [0.15, 0.2) is 0 Å². The van der Waals surface area contributed by atoms with Gasteiger partial charge in [-0.1, -0.05) is 30.3 Å². The fourth-order valence-corrected chi connectivity index (χ4v) is 2.50. The highest BCUT2D eigenvalue weighted by Gasteiger charge is 2.13. The second-order valence-electron chi connectivity index (χ2n) is 5.51. The molecule has 0 saturated heterocycles. The number of phenolic OH excluding ortho intramolecular Hbond substituents is 1. The highest BCUT2D eigenvalue weighted by atomic mass is 16.4. The number of hydrogen-bond donors (Lipinski definition) is 2. The van der Waals surface area contributed by atoms with Gasteiger partial charge in [0.1, 0.15) is 16.9 Å². The first-order valence-electron chi connectivity index (χ1n) is 7.72. The van der Waals surface area contributed by atoms with Crippen LogP contribution in [0.5, 0.6) is 5.75 Å². The third-order valence-corrected chi connectivity index (χ3v) is 3.73. The summed E-state index contributed by atoms with van der Waals surface area (Å²) in [5.41, 5.74) is 0.785. The molecule has 1 heterocycles. The van der Waals surface area contributed by atoms with Crippen molar-refractivity contribution >= 4 is 16.9 Å². The summed E-state index contributed by atoms with van der Waals surface area (Å²) in [6.45, 7) is 0.464. The summed E-state index contributed by atoms with van der Waals surface area (Å²) in [5, 5.41) is 12.7. The van der Waals surface area contributed by atoms with Crippen LogP contribution in [-0.4, -0.2) is 17.6 Å². The molecule has 0 bridgehead atoms. The van der Waals surface area contributed by atoms with E-state index in [1.54, 1.807) is 0 Å². The molecule has 0 radical (unpaired) electrons. The van der Waals surface area contributed by atoms with E-state index in [1.807, 2.05) is 30.3 Å². The topological polar surface area (TPSA) is 79.5 Å². The first kappa shape index (κ1) is 15.8. The van der Waals surface area contributed by atoms with Gasteiger partial charge in [0.2, 0.25) is 0 Å². The minimum atomic E-state index is -0.686. The summed E-state index contributed by atoms with van der Waals surface area (Å²) >= 11 is 0. The molecule has 0 aliphatic carbocycles. The van der Waals surface area contributed by atoms with Gasteiger partial charge in [-0.25, -0.2) is 4.79 Å². The van der Waals surface area contributed by atoms with Crippen molar-refractivity contribution in [2.24, 2.45) is 0 Å². The Morgan fingerprint density at radius 1 is 1.08 bits per heavy atom. The first-order valence-corrected chi connectivity index (χ1v) is 7.72. The van der Waals surface area contributed by atoms with Crippen LogP contribution in [0.4, 0.5) is 0 Å². The molecular formula is C19H17NO4. The zero-order valence-corrected chi connectivity index (χ0v) is 13.0. The van der Waals surface area contributed by atoms with Gasteiger partial charge in [-0.3, -0.25) is 4.79 Å². The number of fused-ring (bicyclic) bond motifs is 1. The number of amides is 1. The fraction of sp³-hybridized carbons (Fsp3) is 0.158. The van der Waals surface area contributed by atoms with E-state index in [0.717, 1.165) is 12.8 Å². The molecular weight excluding hydrogens is 306 g/mol. The molecule has 24 heavy (non-hydrogen) atoms. The van der Waals surface area contributed by atoms with Crippen molar-refractivity contribution in [2.75, 3.05) is 6.54 Å². The molecule has 0 saturated carbocycles. The van der Waals surface area contributed by atoms with Crippen molar-refractivity contribution in [3.8, 4) is 5.75 Å². The molecule has 0 aliphatic rings. The van der Waals surface area contributed by atoms with E-state index < -0.39 is 11.5 Å². The second-order valence-corrected chi connectivity index (χ2v) is 5.51. The summed E-state index contributed by atoms with van der Waals surface area (Å²) in [4.78, 5) is 24.1. The molecule has 2 aromatic carbocycles. The Labute approximate surface area is 138 Å². The zero-order valence-electron chi connectivity index (χ0n) is 13.0. The minimum Gasteiger partial charge on any atom is -0.508 e. The van der Waals surface area contributed by atoms with Crippen LogP contribution in [0.25, 0.3) is 11.0 Å². The lowest BCUT2D eigenvalue weighted by molar-refractivity contribution is 0.0949. The van der Waals surface area contributed by atoms with Crippen LogP contribution < -0.4 is 10.9 Å². The maximum absolute atomic E-state index is 12.2. The molecule has 5 heteroatoms. The SMILES string of the molecule is O=C(NCCCc1ccccc1)c1cc2cc(O)ccc2oc1=O. The van der Waals surface area contributed by atoms with E-state index in [1.165, 1.54) is 29.8 Å². The molecule has 3 aromatic rings. The highest BCUT2D eigenvalue weighted by molar-refractivity contribution is 5.96. The predicted octanol–water partition coefficient (Wildman–Crippen LogP) is 2.86. The summed E-state index contributed by atoms with van der Waals surface area (Å²) in [7, 11) is 0. The molecule has 3 rings (SSSR count). The highest BCUT2D eigenvalue weighted by Crippen LogP contribution is 2.19. The quantitative estimate of drug-likeness (QED) is 0.559. The monoisotopic (exact) mass is 323 g/mol. The molecule has 0 fully saturated rings. The number of hydrogen-bond acceptors (Lipinski definition) is 4. The number of rotatable bonds is 5. The Morgan fingerprint density at radius 2 is 1.88 bits per heavy atom. The zero-order chi connectivity index (χ0) is 16.9. The van der Waals surface area contributed by atoms with Crippen LogP contribution in [-0.2, 0) is 6.42 Å². The summed E-state index contributed by atoms with van der Waals surface area (Å²) < 4.78 is 5.12. The molecule has 1 aromatic heterocycles. The van der Waals surface area contributed by atoms with E-state index in [9.17, 15) is 14.7 Å². The van der Waals surface area contributed by atoms with Gasteiger partial charge in [0.05, 0.1) is 0 Å². The van der Waals surface area contributed by atoms with Crippen molar-refractivity contribution in [3.63, 3.8) is 0 Å². The fourth-order valence-electron chi connectivity index (χ4n) is 2.50. The van der Waals surface area contributed by atoms with Crippen LogP contribution in [0.3, 0.4) is 0 Å². The maximum atomic E-state index is 12.2. The molecule has 0 spiro atoms. The first-order chi connectivity index (χ1) is 11.6. The second kappa shape index (κ2) is 7.00. The third kappa shape index (κ3) is 3.63. The van der Waals surface area contributed by atoms with Gasteiger partial charge < -0.3 is 14.8 Å². The van der Waals surface area contributed by atoms with Crippen molar-refractivity contribution < 1.29 is 14.3 Å². The third-order valence-electron chi connectivity index (χ3n) is 3.73. The molecule has 0 aliphatic heterocycles. The van der Waals surface area contributed by atoms with E-state index in [-0.39, 0.29) is 11.3 Å². The number of benzene rings is 2. The smallest absolute Gasteiger partial charge is 0.349 e. The van der Waals surface area contributed by atoms with Gasteiger partial charge in [-0.05, 0) is 42.7 Å². The number of carbonyl (C=O) groups is 1. The van der Waals surface area contributed by atoms with Gasteiger partial charge >= 0.3 is 5.63 Å². The maximum Gasteiger partial charge on any atom is 0.349 e. The summed E-state index contributed by atoms with van der Waals surface area (Å²) in [5.74, 6) is -0.423. The Kier molecular flexibility index (Phi) is 4.61.